The molecule has 1 N–H and O–H groups in total. The molecule has 0 unspecified atom stereocenters. The average Bonchev–Trinajstić information content (AvgIpc) is 2.47. The largest absolute Gasteiger partial charge is 0.427 e. The predicted octanol–water partition coefficient (Wildman–Crippen LogP) is 3.66. The number of ether oxygens (including phenoxy) is 2. The number of carbonyl (C=O) groups is 2. The third-order valence-corrected chi connectivity index (χ3v) is 3.36. The summed E-state index contributed by atoms with van der Waals surface area (Å²) >= 11 is 1.26. The summed E-state index contributed by atoms with van der Waals surface area (Å²) in [7, 11) is 0. The van der Waals surface area contributed by atoms with Crippen molar-refractivity contribution >= 4 is 29.6 Å². The van der Waals surface area contributed by atoms with Crippen LogP contribution in [0.5, 0.6) is 11.5 Å². The van der Waals surface area contributed by atoms with Gasteiger partial charge in [-0.1, -0.05) is 18.2 Å². The summed E-state index contributed by atoms with van der Waals surface area (Å²) in [5.41, 5.74) is 0.902. The number of esters is 2. The molecule has 0 atom stereocenters. The number of anilines is 1. The van der Waals surface area contributed by atoms with Crippen LogP contribution in [0.25, 0.3) is 0 Å². The van der Waals surface area contributed by atoms with Crippen LogP contribution >= 0.6 is 11.9 Å². The maximum Gasteiger partial charge on any atom is 0.308 e. The normalized spacial score (nSPS) is 9.91. The molecule has 114 valence electrons. The maximum atomic E-state index is 11.2. The molecule has 0 aromatic heterocycles. The first-order valence-corrected chi connectivity index (χ1v) is 7.35. The molecule has 0 aliphatic carbocycles. The Morgan fingerprint density at radius 3 is 2.27 bits per heavy atom. The van der Waals surface area contributed by atoms with Gasteiger partial charge in [0.2, 0.25) is 0 Å². The molecule has 0 saturated heterocycles. The van der Waals surface area contributed by atoms with Crippen molar-refractivity contribution in [2.75, 3.05) is 4.72 Å². The minimum Gasteiger partial charge on any atom is -0.427 e. The van der Waals surface area contributed by atoms with E-state index in [-0.39, 0.29) is 0 Å². The van der Waals surface area contributed by atoms with Gasteiger partial charge < -0.3 is 14.2 Å². The highest BCUT2D eigenvalue weighted by Crippen LogP contribution is 2.33. The molecule has 22 heavy (non-hydrogen) atoms. The van der Waals surface area contributed by atoms with Crippen LogP contribution in [-0.4, -0.2) is 11.9 Å². The van der Waals surface area contributed by atoms with Gasteiger partial charge in [0.15, 0.2) is 0 Å². The van der Waals surface area contributed by atoms with Gasteiger partial charge in [0.05, 0.1) is 4.90 Å². The van der Waals surface area contributed by atoms with Crippen molar-refractivity contribution in [3.8, 4) is 11.5 Å². The fourth-order valence-corrected chi connectivity index (χ4v) is 2.41. The van der Waals surface area contributed by atoms with E-state index in [1.807, 2.05) is 30.3 Å². The van der Waals surface area contributed by atoms with E-state index < -0.39 is 11.9 Å². The van der Waals surface area contributed by atoms with Crippen LogP contribution in [0.2, 0.25) is 0 Å². The van der Waals surface area contributed by atoms with E-state index in [0.717, 1.165) is 5.69 Å². The Balaban J connectivity index is 2.20. The van der Waals surface area contributed by atoms with E-state index >= 15 is 0 Å². The van der Waals surface area contributed by atoms with Crippen LogP contribution in [0.3, 0.4) is 0 Å². The van der Waals surface area contributed by atoms with Gasteiger partial charge in [-0.3, -0.25) is 9.59 Å². The first kappa shape index (κ1) is 15.9. The third-order valence-electron chi connectivity index (χ3n) is 2.48. The fraction of sp³-hybridized carbons (Fsp3) is 0.125. The Kier molecular flexibility index (Phi) is 5.43. The van der Waals surface area contributed by atoms with E-state index in [1.165, 1.54) is 25.8 Å². The van der Waals surface area contributed by atoms with Crippen LogP contribution in [0.4, 0.5) is 5.69 Å². The van der Waals surface area contributed by atoms with E-state index in [2.05, 4.69) is 4.72 Å². The molecule has 0 radical (unpaired) electrons. The first-order chi connectivity index (χ1) is 10.5. The molecule has 2 rings (SSSR count). The lowest BCUT2D eigenvalue weighted by atomic mass is 10.3. The summed E-state index contributed by atoms with van der Waals surface area (Å²) in [4.78, 5) is 22.8. The lowest BCUT2D eigenvalue weighted by Crippen LogP contribution is -2.05. The maximum absolute atomic E-state index is 11.2. The molecule has 0 aliphatic rings. The summed E-state index contributed by atoms with van der Waals surface area (Å²) < 4.78 is 13.3. The van der Waals surface area contributed by atoms with Crippen molar-refractivity contribution < 1.29 is 19.1 Å². The number of benzene rings is 2. The van der Waals surface area contributed by atoms with Crippen molar-refractivity contribution in [3.05, 3.63) is 48.5 Å². The van der Waals surface area contributed by atoms with E-state index in [4.69, 9.17) is 9.47 Å². The van der Waals surface area contributed by atoms with Gasteiger partial charge in [-0.25, -0.2) is 0 Å². The fourth-order valence-electron chi connectivity index (χ4n) is 1.66. The van der Waals surface area contributed by atoms with Crippen molar-refractivity contribution in [3.63, 3.8) is 0 Å². The minimum atomic E-state index is -0.415. The summed E-state index contributed by atoms with van der Waals surface area (Å²) in [6.07, 6.45) is 0. The van der Waals surface area contributed by atoms with Gasteiger partial charge in [0, 0.05) is 25.6 Å². The zero-order valence-electron chi connectivity index (χ0n) is 12.2. The smallest absolute Gasteiger partial charge is 0.308 e. The molecular weight excluding hydrogens is 302 g/mol. The Hall–Kier alpha value is -2.47. The zero-order valence-corrected chi connectivity index (χ0v) is 13.0. The molecule has 5 nitrogen and oxygen atoms in total. The highest BCUT2D eigenvalue weighted by atomic mass is 32.2. The minimum absolute atomic E-state index is 0.390. The second-order valence-electron chi connectivity index (χ2n) is 4.37. The quantitative estimate of drug-likeness (QED) is 0.516. The van der Waals surface area contributed by atoms with Crippen LogP contribution in [0.15, 0.2) is 53.4 Å². The highest BCUT2D eigenvalue weighted by molar-refractivity contribution is 8.00. The van der Waals surface area contributed by atoms with Crippen molar-refractivity contribution in [1.82, 2.24) is 0 Å². The molecule has 0 spiro atoms. The molecule has 0 amide bonds. The van der Waals surface area contributed by atoms with Crippen molar-refractivity contribution in [2.45, 2.75) is 18.7 Å². The summed E-state index contributed by atoms with van der Waals surface area (Å²) in [6.45, 7) is 2.66. The summed E-state index contributed by atoms with van der Waals surface area (Å²) in [5, 5.41) is 0. The standard InChI is InChI=1S/C16H15NO4S/c1-11(18)20-14-8-9-15(21-12(2)19)16(10-14)22-17-13-6-4-3-5-7-13/h3-10,17H,1-2H3. The van der Waals surface area contributed by atoms with E-state index in [1.54, 1.807) is 18.2 Å². The molecule has 0 fully saturated rings. The van der Waals surface area contributed by atoms with Crippen molar-refractivity contribution in [1.29, 1.82) is 0 Å². The first-order valence-electron chi connectivity index (χ1n) is 6.53. The van der Waals surface area contributed by atoms with Crippen LogP contribution in [-0.2, 0) is 9.59 Å². The van der Waals surface area contributed by atoms with Crippen molar-refractivity contribution in [2.24, 2.45) is 0 Å². The molecule has 0 bridgehead atoms. The molecular formula is C16H15NO4S. The SMILES string of the molecule is CC(=O)Oc1ccc(OC(C)=O)c(SNc2ccccc2)c1. The highest BCUT2D eigenvalue weighted by Gasteiger charge is 2.10. The molecule has 0 saturated carbocycles. The number of para-hydroxylation sites is 1. The van der Waals surface area contributed by atoms with E-state index in [0.29, 0.717) is 16.4 Å². The number of carbonyl (C=O) groups excluding carboxylic acids is 2. The average molecular weight is 317 g/mol. The Morgan fingerprint density at radius 2 is 1.64 bits per heavy atom. The van der Waals surface area contributed by atoms with E-state index in [9.17, 15) is 9.59 Å². The summed E-state index contributed by atoms with van der Waals surface area (Å²) in [6, 6.07) is 14.4. The van der Waals surface area contributed by atoms with Gasteiger partial charge in [-0.15, -0.1) is 0 Å². The van der Waals surface area contributed by atoms with Gasteiger partial charge in [0.25, 0.3) is 0 Å². The Bertz CT molecular complexity index is 673. The molecule has 0 heterocycles. The number of hydrogen-bond acceptors (Lipinski definition) is 6. The summed E-state index contributed by atoms with van der Waals surface area (Å²) in [5.74, 6) is -0.0356. The lowest BCUT2D eigenvalue weighted by Gasteiger charge is -2.11. The number of hydrogen-bond donors (Lipinski definition) is 1. The van der Waals surface area contributed by atoms with Gasteiger partial charge >= 0.3 is 11.9 Å². The van der Waals surface area contributed by atoms with Crippen LogP contribution in [0.1, 0.15) is 13.8 Å². The molecule has 6 heteroatoms. The van der Waals surface area contributed by atoms with Crippen LogP contribution < -0.4 is 14.2 Å². The molecule has 0 aliphatic heterocycles. The topological polar surface area (TPSA) is 64.6 Å². The van der Waals surface area contributed by atoms with Gasteiger partial charge in [-0.2, -0.15) is 0 Å². The van der Waals surface area contributed by atoms with Gasteiger partial charge in [0.1, 0.15) is 11.5 Å². The van der Waals surface area contributed by atoms with Crippen LogP contribution in [0, 0.1) is 0 Å². The second kappa shape index (κ2) is 7.51. The number of rotatable bonds is 5. The molecule has 2 aromatic rings. The second-order valence-corrected chi connectivity index (χ2v) is 5.21. The Morgan fingerprint density at radius 1 is 0.955 bits per heavy atom. The predicted molar refractivity (Wildman–Crippen MR) is 85.0 cm³/mol. The van der Waals surface area contributed by atoms with Gasteiger partial charge in [-0.05, 0) is 36.2 Å². The number of nitrogens with one attached hydrogen (secondary N) is 1. The zero-order chi connectivity index (χ0) is 15.9. The molecule has 2 aromatic carbocycles. The third kappa shape index (κ3) is 4.82. The monoisotopic (exact) mass is 317 g/mol. The Labute approximate surface area is 132 Å². The lowest BCUT2D eigenvalue weighted by molar-refractivity contribution is -0.133.